The molecule has 1 N–H and O–H groups in total. The molecule has 4 rings (SSSR count). The maximum atomic E-state index is 13.8. The number of fused-ring (bicyclic) bond motifs is 1. The van der Waals surface area contributed by atoms with Crippen molar-refractivity contribution >= 4 is 44.9 Å². The number of thioether (sulfide) groups is 1. The number of amides is 1. The Kier molecular flexibility index (Phi) is 5.88. The molecule has 0 aliphatic rings. The van der Waals surface area contributed by atoms with E-state index in [1.54, 1.807) is 11.4 Å². The minimum Gasteiger partial charge on any atom is -0.325 e. The Hall–Kier alpha value is -3.04. The lowest BCUT2D eigenvalue weighted by molar-refractivity contribution is -0.113. The highest BCUT2D eigenvalue weighted by atomic mass is 32.2. The summed E-state index contributed by atoms with van der Waals surface area (Å²) in [5.74, 6) is -1.94. The molecule has 158 valence electrons. The number of hydrogen-bond donors (Lipinski definition) is 1. The molecule has 0 aliphatic heterocycles. The molecule has 4 aromatic rings. The number of halogens is 2. The van der Waals surface area contributed by atoms with E-state index >= 15 is 0 Å². The number of rotatable bonds is 5. The minimum atomic E-state index is -0.809. The van der Waals surface area contributed by atoms with Gasteiger partial charge in [-0.2, -0.15) is 0 Å². The van der Waals surface area contributed by atoms with Gasteiger partial charge in [0.2, 0.25) is 5.91 Å². The van der Waals surface area contributed by atoms with Crippen molar-refractivity contribution in [3.63, 3.8) is 0 Å². The number of carbonyl (C=O) groups excluding carboxylic acids is 1. The van der Waals surface area contributed by atoms with Crippen LogP contribution in [-0.4, -0.2) is 21.2 Å². The first-order chi connectivity index (χ1) is 14.8. The summed E-state index contributed by atoms with van der Waals surface area (Å²) in [7, 11) is 0. The molecule has 0 aliphatic carbocycles. The summed E-state index contributed by atoms with van der Waals surface area (Å²) in [5, 5.41) is 4.71. The highest BCUT2D eigenvalue weighted by Gasteiger charge is 2.17. The molecule has 0 radical (unpaired) electrons. The number of hydrogen-bond acceptors (Lipinski definition) is 5. The summed E-state index contributed by atoms with van der Waals surface area (Å²) >= 11 is 2.22. The van der Waals surface area contributed by atoms with Gasteiger partial charge < -0.3 is 5.32 Å². The van der Waals surface area contributed by atoms with Crippen LogP contribution < -0.4 is 10.9 Å². The van der Waals surface area contributed by atoms with E-state index in [1.807, 2.05) is 32.0 Å². The van der Waals surface area contributed by atoms with Gasteiger partial charge in [-0.15, -0.1) is 11.3 Å². The molecule has 9 heteroatoms. The van der Waals surface area contributed by atoms with Gasteiger partial charge in [0, 0.05) is 11.8 Å². The largest absolute Gasteiger partial charge is 0.325 e. The van der Waals surface area contributed by atoms with Crippen molar-refractivity contribution in [1.29, 1.82) is 0 Å². The van der Waals surface area contributed by atoms with E-state index in [1.165, 1.54) is 11.3 Å². The molecule has 2 aromatic carbocycles. The van der Waals surface area contributed by atoms with Crippen molar-refractivity contribution in [3.05, 3.63) is 81.0 Å². The summed E-state index contributed by atoms with van der Waals surface area (Å²) in [6.07, 6.45) is 0. The second-order valence-electron chi connectivity index (χ2n) is 6.93. The van der Waals surface area contributed by atoms with Crippen LogP contribution in [0.25, 0.3) is 15.9 Å². The van der Waals surface area contributed by atoms with Crippen molar-refractivity contribution in [2.45, 2.75) is 19.0 Å². The third-order valence-corrected chi connectivity index (χ3v) is 6.51. The molecule has 2 heterocycles. The molecular weight excluding hydrogens is 440 g/mol. The molecule has 1 amide bonds. The monoisotopic (exact) mass is 457 g/mol. The number of benzene rings is 2. The summed E-state index contributed by atoms with van der Waals surface area (Å²) < 4.78 is 29.1. The van der Waals surface area contributed by atoms with Crippen LogP contribution in [0.3, 0.4) is 0 Å². The predicted octanol–water partition coefficient (Wildman–Crippen LogP) is 5.07. The number of anilines is 1. The number of carbonyl (C=O) groups is 1. The van der Waals surface area contributed by atoms with Crippen LogP contribution in [0.4, 0.5) is 14.5 Å². The second kappa shape index (κ2) is 8.60. The average Bonchev–Trinajstić information content (AvgIpc) is 3.17. The van der Waals surface area contributed by atoms with Gasteiger partial charge in [-0.05, 0) is 60.7 Å². The highest BCUT2D eigenvalue weighted by molar-refractivity contribution is 7.99. The minimum absolute atomic E-state index is 0.0161. The third kappa shape index (κ3) is 4.52. The van der Waals surface area contributed by atoms with E-state index in [0.29, 0.717) is 15.9 Å². The van der Waals surface area contributed by atoms with E-state index < -0.39 is 17.2 Å². The van der Waals surface area contributed by atoms with Gasteiger partial charge in [0.25, 0.3) is 5.56 Å². The van der Waals surface area contributed by atoms with Crippen LogP contribution in [-0.2, 0) is 4.79 Å². The van der Waals surface area contributed by atoms with Gasteiger partial charge in [0.15, 0.2) is 5.16 Å². The van der Waals surface area contributed by atoms with E-state index in [9.17, 15) is 18.4 Å². The number of nitrogens with zero attached hydrogens (tertiary/aromatic N) is 2. The summed E-state index contributed by atoms with van der Waals surface area (Å²) in [6, 6.07) is 10.1. The van der Waals surface area contributed by atoms with Gasteiger partial charge in [0.05, 0.1) is 17.0 Å². The van der Waals surface area contributed by atoms with Crippen LogP contribution in [0.5, 0.6) is 0 Å². The van der Waals surface area contributed by atoms with Crippen LogP contribution in [0.1, 0.15) is 11.1 Å². The molecule has 0 atom stereocenters. The summed E-state index contributed by atoms with van der Waals surface area (Å²) in [4.78, 5) is 29.9. The summed E-state index contributed by atoms with van der Waals surface area (Å²) in [5.41, 5.74) is 2.88. The van der Waals surface area contributed by atoms with Crippen molar-refractivity contribution < 1.29 is 13.6 Å². The zero-order valence-corrected chi connectivity index (χ0v) is 18.2. The first-order valence-electron chi connectivity index (χ1n) is 9.28. The lowest BCUT2D eigenvalue weighted by atomic mass is 10.1. The lowest BCUT2D eigenvalue weighted by Crippen LogP contribution is -2.22. The van der Waals surface area contributed by atoms with Gasteiger partial charge in [-0.3, -0.25) is 14.2 Å². The lowest BCUT2D eigenvalue weighted by Gasteiger charge is -2.13. The molecule has 0 saturated heterocycles. The number of aryl methyl sites for hydroxylation is 2. The molecular formula is C22H17F2N3O2S2. The fraction of sp³-hybridized carbons (Fsp3) is 0.136. The first-order valence-corrected chi connectivity index (χ1v) is 11.1. The molecule has 0 saturated carbocycles. The Morgan fingerprint density at radius 3 is 2.55 bits per heavy atom. The van der Waals surface area contributed by atoms with Crippen molar-refractivity contribution in [2.75, 3.05) is 11.1 Å². The Bertz CT molecular complexity index is 1340. The van der Waals surface area contributed by atoms with Crippen molar-refractivity contribution in [1.82, 2.24) is 9.55 Å². The smallest absolute Gasteiger partial charge is 0.276 e. The zero-order chi connectivity index (χ0) is 22.1. The number of aromatic nitrogens is 2. The van der Waals surface area contributed by atoms with Crippen molar-refractivity contribution in [2.24, 2.45) is 0 Å². The zero-order valence-electron chi connectivity index (χ0n) is 16.6. The molecule has 31 heavy (non-hydrogen) atoms. The van der Waals surface area contributed by atoms with Gasteiger partial charge >= 0.3 is 0 Å². The van der Waals surface area contributed by atoms with E-state index in [0.717, 1.165) is 45.7 Å². The fourth-order valence-electron chi connectivity index (χ4n) is 3.03. The van der Waals surface area contributed by atoms with Gasteiger partial charge in [-0.1, -0.05) is 17.8 Å². The Morgan fingerprint density at radius 1 is 1.10 bits per heavy atom. The maximum absolute atomic E-state index is 13.8. The van der Waals surface area contributed by atoms with Gasteiger partial charge in [0.1, 0.15) is 16.3 Å². The SMILES string of the molecule is Cc1ccc(NC(=O)CSc2nc3ccsc3c(=O)n2-c2cc(F)cc(F)c2)cc1C. The van der Waals surface area contributed by atoms with Crippen LogP contribution in [0, 0.1) is 25.5 Å². The summed E-state index contributed by atoms with van der Waals surface area (Å²) in [6.45, 7) is 3.94. The maximum Gasteiger partial charge on any atom is 0.276 e. The van der Waals surface area contributed by atoms with Gasteiger partial charge in [-0.25, -0.2) is 13.8 Å². The fourth-order valence-corrected chi connectivity index (χ4v) is 4.60. The number of nitrogens with one attached hydrogen (secondary N) is 1. The standard InChI is InChI=1S/C22H17F2N3O2S2/c1-12-3-4-16(7-13(12)2)25-19(28)11-31-22-26-18-5-6-30-20(18)21(29)27(22)17-9-14(23)8-15(24)10-17/h3-10H,11H2,1-2H3,(H,25,28). The highest BCUT2D eigenvalue weighted by Crippen LogP contribution is 2.25. The molecule has 2 aromatic heterocycles. The third-order valence-electron chi connectivity index (χ3n) is 4.68. The quantitative estimate of drug-likeness (QED) is 0.336. The van der Waals surface area contributed by atoms with E-state index in [2.05, 4.69) is 10.3 Å². The Balaban J connectivity index is 1.65. The average molecular weight is 458 g/mol. The van der Waals surface area contributed by atoms with Crippen LogP contribution in [0.15, 0.2) is 57.8 Å². The molecule has 5 nitrogen and oxygen atoms in total. The van der Waals surface area contributed by atoms with Crippen molar-refractivity contribution in [3.8, 4) is 5.69 Å². The molecule has 0 fully saturated rings. The normalized spacial score (nSPS) is 11.1. The molecule has 0 unspecified atom stereocenters. The number of thiophene rings is 1. The molecule has 0 spiro atoms. The Morgan fingerprint density at radius 2 is 1.84 bits per heavy atom. The first kappa shape index (κ1) is 21.2. The van der Waals surface area contributed by atoms with E-state index in [4.69, 9.17) is 0 Å². The topological polar surface area (TPSA) is 64.0 Å². The van der Waals surface area contributed by atoms with E-state index in [-0.39, 0.29) is 22.5 Å². The Labute approximate surface area is 184 Å². The van der Waals surface area contributed by atoms with Crippen LogP contribution in [0.2, 0.25) is 0 Å². The molecule has 0 bridgehead atoms. The van der Waals surface area contributed by atoms with Crippen LogP contribution >= 0.6 is 23.1 Å². The predicted molar refractivity (Wildman–Crippen MR) is 120 cm³/mol. The second-order valence-corrected chi connectivity index (χ2v) is 8.79.